The van der Waals surface area contributed by atoms with Crippen LogP contribution >= 0.6 is 0 Å². The number of aliphatic hydroxyl groups excluding tert-OH is 1. The van der Waals surface area contributed by atoms with Crippen molar-refractivity contribution in [3.8, 4) is 0 Å². The Kier molecular flexibility index (Phi) is 10.5. The van der Waals surface area contributed by atoms with E-state index in [1.54, 1.807) is 12.1 Å². The summed E-state index contributed by atoms with van der Waals surface area (Å²) < 4.78 is 113. The van der Waals surface area contributed by atoms with Crippen molar-refractivity contribution in [2.45, 2.75) is 75.6 Å². The van der Waals surface area contributed by atoms with Gasteiger partial charge in [-0.1, -0.05) is 42.5 Å². The Labute approximate surface area is 267 Å². The van der Waals surface area contributed by atoms with E-state index < -0.39 is 71.8 Å². The number of ether oxygens (including phenoxy) is 3. The highest BCUT2D eigenvalue weighted by Gasteiger charge is 2.46. The molecule has 0 spiro atoms. The average molecular weight is 670 g/mol. The molecule has 6 unspecified atom stereocenters. The van der Waals surface area contributed by atoms with Crippen LogP contribution in [0.3, 0.4) is 0 Å². The normalized spacial score (nSPS) is 24.5. The van der Waals surface area contributed by atoms with Gasteiger partial charge in [0.25, 0.3) is 0 Å². The van der Waals surface area contributed by atoms with E-state index in [9.17, 15) is 40.6 Å². The lowest BCUT2D eigenvalue weighted by Gasteiger charge is -2.48. The molecule has 2 heterocycles. The van der Waals surface area contributed by atoms with E-state index in [4.69, 9.17) is 14.2 Å². The van der Waals surface area contributed by atoms with Crippen LogP contribution < -0.4 is 0 Å². The fraction of sp³-hybridized carbons (Fsp3) is 0.441. The molecule has 2 saturated heterocycles. The Morgan fingerprint density at radius 3 is 2.21 bits per heavy atom. The van der Waals surface area contributed by atoms with Gasteiger partial charge >= 0.3 is 18.4 Å². The van der Waals surface area contributed by atoms with Gasteiger partial charge in [-0.2, -0.15) is 26.3 Å². The summed E-state index contributed by atoms with van der Waals surface area (Å²) >= 11 is 0. The highest BCUT2D eigenvalue weighted by atomic mass is 19.4. The third-order valence-electron chi connectivity index (χ3n) is 8.71. The minimum atomic E-state index is -5.04. The van der Waals surface area contributed by atoms with Gasteiger partial charge in [0.2, 0.25) is 0 Å². The molecule has 1 amide bonds. The zero-order chi connectivity index (χ0) is 33.9. The molecule has 0 radical (unpaired) electrons. The van der Waals surface area contributed by atoms with E-state index in [0.717, 1.165) is 5.56 Å². The van der Waals surface area contributed by atoms with Crippen LogP contribution in [0, 0.1) is 11.7 Å². The molecule has 0 bridgehead atoms. The zero-order valence-corrected chi connectivity index (χ0v) is 25.3. The molecule has 0 saturated carbocycles. The number of hydrogen-bond acceptors (Lipinski definition) is 5. The molecular formula is C34H34F7NO5. The van der Waals surface area contributed by atoms with Gasteiger partial charge in [-0.15, -0.1) is 0 Å². The van der Waals surface area contributed by atoms with Crippen LogP contribution in [-0.4, -0.2) is 47.7 Å². The second kappa shape index (κ2) is 14.2. The minimum absolute atomic E-state index is 0.0147. The monoisotopic (exact) mass is 669 g/mol. The average Bonchev–Trinajstić information content (AvgIpc) is 3.03. The summed E-state index contributed by atoms with van der Waals surface area (Å²) in [6, 6.07) is 15.1. The lowest BCUT2D eigenvalue weighted by Crippen LogP contribution is -2.55. The number of benzene rings is 3. The molecule has 0 aliphatic carbocycles. The number of rotatable bonds is 7. The van der Waals surface area contributed by atoms with Crippen molar-refractivity contribution in [2.24, 2.45) is 5.92 Å². The molecule has 47 heavy (non-hydrogen) atoms. The van der Waals surface area contributed by atoms with Crippen molar-refractivity contribution in [1.82, 2.24) is 4.90 Å². The summed E-state index contributed by atoms with van der Waals surface area (Å²) in [6.07, 6.45) is -13.1. The van der Waals surface area contributed by atoms with Crippen molar-refractivity contribution in [3.05, 3.63) is 106 Å². The Hall–Kier alpha value is -3.68. The van der Waals surface area contributed by atoms with E-state index in [1.807, 2.05) is 18.2 Å². The number of aliphatic hydroxyl groups is 1. The first-order valence-electron chi connectivity index (χ1n) is 15.2. The summed E-state index contributed by atoms with van der Waals surface area (Å²) in [5.74, 6) is -1.76. The Morgan fingerprint density at radius 1 is 0.957 bits per heavy atom. The maximum absolute atomic E-state index is 14.0. The van der Waals surface area contributed by atoms with Crippen molar-refractivity contribution in [1.29, 1.82) is 0 Å². The van der Waals surface area contributed by atoms with Crippen LogP contribution in [0.15, 0.2) is 72.8 Å². The smallest absolute Gasteiger partial charge is 0.416 e. The predicted molar refractivity (Wildman–Crippen MR) is 155 cm³/mol. The van der Waals surface area contributed by atoms with Crippen LogP contribution in [0.5, 0.6) is 0 Å². The van der Waals surface area contributed by atoms with Crippen LogP contribution in [-0.2, 0) is 33.2 Å². The number of carbonyl (C=O) groups is 1. The number of likely N-dealkylation sites (tertiary alicyclic amines) is 1. The second-order valence-corrected chi connectivity index (χ2v) is 11.9. The third-order valence-corrected chi connectivity index (χ3v) is 8.71. The Bertz CT molecular complexity index is 1470. The summed E-state index contributed by atoms with van der Waals surface area (Å²) in [5.41, 5.74) is -2.02. The van der Waals surface area contributed by atoms with Gasteiger partial charge in [0.1, 0.15) is 12.4 Å². The van der Waals surface area contributed by atoms with E-state index >= 15 is 0 Å². The third kappa shape index (κ3) is 8.43. The molecule has 0 aromatic heterocycles. The van der Waals surface area contributed by atoms with E-state index in [-0.39, 0.29) is 37.8 Å². The molecule has 6 nitrogen and oxygen atoms in total. The van der Waals surface area contributed by atoms with Gasteiger partial charge < -0.3 is 24.2 Å². The molecule has 254 valence electrons. The number of carbonyl (C=O) groups excluding carboxylic acids is 1. The van der Waals surface area contributed by atoms with Crippen LogP contribution in [0.4, 0.5) is 35.5 Å². The maximum Gasteiger partial charge on any atom is 0.416 e. The fourth-order valence-electron chi connectivity index (χ4n) is 6.36. The molecule has 5 rings (SSSR count). The number of piperidine rings is 1. The highest BCUT2D eigenvalue weighted by molar-refractivity contribution is 5.68. The minimum Gasteiger partial charge on any atom is -0.445 e. The lowest BCUT2D eigenvalue weighted by atomic mass is 9.74. The van der Waals surface area contributed by atoms with Gasteiger partial charge in [-0.25, -0.2) is 9.18 Å². The summed E-state index contributed by atoms with van der Waals surface area (Å²) in [4.78, 5) is 14.9. The van der Waals surface area contributed by atoms with Gasteiger partial charge in [0.15, 0.2) is 6.29 Å². The largest absolute Gasteiger partial charge is 0.445 e. The predicted octanol–water partition coefficient (Wildman–Crippen LogP) is 8.25. The molecular weight excluding hydrogens is 635 g/mol. The molecule has 2 fully saturated rings. The van der Waals surface area contributed by atoms with Crippen LogP contribution in [0.2, 0.25) is 0 Å². The molecule has 2 aliphatic rings. The number of amides is 1. The number of nitrogens with zero attached hydrogens (tertiary/aromatic N) is 1. The van der Waals surface area contributed by atoms with Gasteiger partial charge in [0, 0.05) is 18.5 Å². The van der Waals surface area contributed by atoms with Gasteiger partial charge in [-0.3, -0.25) is 0 Å². The molecule has 2 aliphatic heterocycles. The topological polar surface area (TPSA) is 68.2 Å². The zero-order valence-electron chi connectivity index (χ0n) is 25.3. The van der Waals surface area contributed by atoms with Crippen LogP contribution in [0.25, 0.3) is 0 Å². The van der Waals surface area contributed by atoms with Gasteiger partial charge in [-0.05, 0) is 79.1 Å². The van der Waals surface area contributed by atoms with Crippen LogP contribution in [0.1, 0.15) is 66.0 Å². The maximum atomic E-state index is 14.0. The van der Waals surface area contributed by atoms with E-state index in [2.05, 4.69) is 0 Å². The molecule has 6 atom stereocenters. The quantitative estimate of drug-likeness (QED) is 0.257. The lowest BCUT2D eigenvalue weighted by molar-refractivity contribution is -0.215. The second-order valence-electron chi connectivity index (χ2n) is 11.9. The number of hydrogen-bond donors (Lipinski definition) is 1. The summed E-state index contributed by atoms with van der Waals surface area (Å²) in [7, 11) is 0. The van der Waals surface area contributed by atoms with E-state index in [1.165, 1.54) is 36.1 Å². The number of halogens is 7. The van der Waals surface area contributed by atoms with Crippen molar-refractivity contribution in [2.75, 3.05) is 13.2 Å². The van der Waals surface area contributed by atoms with E-state index in [0.29, 0.717) is 30.5 Å². The Balaban J connectivity index is 1.46. The molecule has 3 aromatic rings. The van der Waals surface area contributed by atoms with Gasteiger partial charge in [0.05, 0.1) is 29.9 Å². The SMILES string of the molecule is CC(OC1OCCC(C2CC(O)CCN2C(=O)OCc2ccccc2)C1c1ccc(F)cc1)c1cc(C(F)(F)F)cc(C(F)(F)F)c1. The Morgan fingerprint density at radius 2 is 1.60 bits per heavy atom. The molecule has 1 N–H and O–H groups in total. The molecule has 3 aromatic carbocycles. The first-order valence-corrected chi connectivity index (χ1v) is 15.2. The first-order chi connectivity index (χ1) is 22.2. The number of alkyl halides is 6. The highest BCUT2D eigenvalue weighted by Crippen LogP contribution is 2.45. The fourth-order valence-corrected chi connectivity index (χ4v) is 6.36. The van der Waals surface area contributed by atoms with Crippen molar-refractivity contribution >= 4 is 6.09 Å². The first kappa shape index (κ1) is 34.6. The standard InChI is InChI=1S/C34H34F7NO5/c1-20(23-15-24(33(36,37)38)17-25(16-23)34(39,40)41)47-31-30(22-7-9-26(35)10-8-22)28(12-14-45-31)29-18-27(43)11-13-42(29)32(44)46-19-21-5-3-2-4-6-21/h2-10,15-17,20,27-31,43H,11-14,18-19H2,1H3. The molecule has 13 heteroatoms. The van der Waals surface area contributed by atoms with Crippen molar-refractivity contribution < 1.29 is 54.8 Å². The summed E-state index contributed by atoms with van der Waals surface area (Å²) in [5, 5.41) is 10.7. The summed E-state index contributed by atoms with van der Waals surface area (Å²) in [6.45, 7) is 1.59. The van der Waals surface area contributed by atoms with Crippen molar-refractivity contribution in [3.63, 3.8) is 0 Å².